The summed E-state index contributed by atoms with van der Waals surface area (Å²) < 4.78 is 5.85. The second-order valence-electron chi connectivity index (χ2n) is 7.97. The average molecular weight is 435 g/mol. The minimum atomic E-state index is 0.0913. The highest BCUT2D eigenvalue weighted by Gasteiger charge is 2.22. The van der Waals surface area contributed by atoms with Crippen molar-refractivity contribution in [2.24, 2.45) is 0 Å². The van der Waals surface area contributed by atoms with Crippen molar-refractivity contribution < 1.29 is 9.53 Å². The molecule has 0 aliphatic carbocycles. The lowest BCUT2D eigenvalue weighted by Gasteiger charge is -2.34. The molecule has 0 bridgehead atoms. The number of aryl methyl sites for hydroxylation is 1. The highest BCUT2D eigenvalue weighted by molar-refractivity contribution is 6.32. The number of halogens is 1. The Morgan fingerprint density at radius 1 is 0.903 bits per heavy atom. The zero-order valence-corrected chi connectivity index (χ0v) is 18.5. The zero-order chi connectivity index (χ0) is 21.6. The van der Waals surface area contributed by atoms with E-state index in [9.17, 15) is 4.79 Å². The van der Waals surface area contributed by atoms with E-state index in [1.807, 2.05) is 60.4 Å². The van der Waals surface area contributed by atoms with Crippen molar-refractivity contribution in [1.82, 2.24) is 9.80 Å². The molecule has 31 heavy (non-hydrogen) atoms. The Hall–Kier alpha value is -2.82. The minimum Gasteiger partial charge on any atom is -0.487 e. The van der Waals surface area contributed by atoms with E-state index >= 15 is 0 Å². The van der Waals surface area contributed by atoms with Crippen LogP contribution in [0.5, 0.6) is 5.75 Å². The summed E-state index contributed by atoms with van der Waals surface area (Å²) in [6, 6.07) is 23.9. The third-order valence-corrected chi connectivity index (χ3v) is 5.90. The maximum atomic E-state index is 12.9. The fourth-order valence-corrected chi connectivity index (χ4v) is 3.93. The maximum absolute atomic E-state index is 12.9. The van der Waals surface area contributed by atoms with Crippen LogP contribution >= 0.6 is 11.6 Å². The zero-order valence-electron chi connectivity index (χ0n) is 17.8. The van der Waals surface area contributed by atoms with E-state index in [1.165, 1.54) is 5.56 Å². The summed E-state index contributed by atoms with van der Waals surface area (Å²) in [4.78, 5) is 17.2. The van der Waals surface area contributed by atoms with Crippen molar-refractivity contribution >= 4 is 17.5 Å². The summed E-state index contributed by atoms with van der Waals surface area (Å²) in [5, 5.41) is 0.601. The first kappa shape index (κ1) is 21.4. The molecule has 160 valence electrons. The maximum Gasteiger partial charge on any atom is 0.253 e. The van der Waals surface area contributed by atoms with Crippen molar-refractivity contribution in [3.8, 4) is 5.75 Å². The summed E-state index contributed by atoms with van der Waals surface area (Å²) in [6.45, 7) is 6.64. The molecule has 0 aromatic heterocycles. The number of carbonyl (C=O) groups excluding carboxylic acids is 1. The molecule has 0 unspecified atom stereocenters. The molecule has 0 N–H and O–H groups in total. The number of piperazine rings is 1. The molecule has 1 amide bonds. The lowest BCUT2D eigenvalue weighted by Crippen LogP contribution is -2.48. The number of amides is 1. The van der Waals surface area contributed by atoms with Crippen molar-refractivity contribution in [3.05, 3.63) is 100 Å². The van der Waals surface area contributed by atoms with E-state index in [1.54, 1.807) is 0 Å². The van der Waals surface area contributed by atoms with Crippen LogP contribution in [-0.4, -0.2) is 41.9 Å². The fourth-order valence-electron chi connectivity index (χ4n) is 3.76. The van der Waals surface area contributed by atoms with Gasteiger partial charge < -0.3 is 9.64 Å². The monoisotopic (exact) mass is 434 g/mol. The number of hydrogen-bond donors (Lipinski definition) is 0. The van der Waals surface area contributed by atoms with E-state index in [4.69, 9.17) is 16.3 Å². The van der Waals surface area contributed by atoms with Crippen LogP contribution in [0, 0.1) is 6.92 Å². The van der Waals surface area contributed by atoms with Crippen LogP contribution in [0.1, 0.15) is 27.0 Å². The Balaban J connectivity index is 1.29. The van der Waals surface area contributed by atoms with Crippen molar-refractivity contribution in [2.75, 3.05) is 26.2 Å². The van der Waals surface area contributed by atoms with E-state index in [0.29, 0.717) is 22.9 Å². The smallest absolute Gasteiger partial charge is 0.253 e. The Morgan fingerprint density at radius 2 is 1.61 bits per heavy atom. The summed E-state index contributed by atoms with van der Waals surface area (Å²) in [5.41, 5.74) is 4.13. The Labute approximate surface area is 189 Å². The van der Waals surface area contributed by atoms with Gasteiger partial charge in [-0.05, 0) is 47.9 Å². The number of nitrogens with zero attached hydrogens (tertiary/aromatic N) is 2. The number of hydrogen-bond acceptors (Lipinski definition) is 3. The van der Waals surface area contributed by atoms with Crippen LogP contribution in [0.15, 0.2) is 72.8 Å². The molecule has 1 fully saturated rings. The van der Waals surface area contributed by atoms with Crippen molar-refractivity contribution in [3.63, 3.8) is 0 Å². The van der Waals surface area contributed by atoms with Gasteiger partial charge in [-0.3, -0.25) is 9.69 Å². The third-order valence-electron chi connectivity index (χ3n) is 5.59. The first-order valence-electron chi connectivity index (χ1n) is 10.6. The van der Waals surface area contributed by atoms with Crippen molar-refractivity contribution in [2.45, 2.75) is 20.1 Å². The number of rotatable bonds is 6. The van der Waals surface area contributed by atoms with E-state index < -0.39 is 0 Å². The molecule has 0 spiro atoms. The molecule has 1 aliphatic rings. The van der Waals surface area contributed by atoms with Crippen LogP contribution in [0.3, 0.4) is 0 Å². The highest BCUT2D eigenvalue weighted by atomic mass is 35.5. The van der Waals surface area contributed by atoms with Gasteiger partial charge in [0.05, 0.1) is 5.02 Å². The van der Waals surface area contributed by atoms with Crippen molar-refractivity contribution in [1.29, 1.82) is 0 Å². The Kier molecular flexibility index (Phi) is 6.90. The van der Waals surface area contributed by atoms with E-state index in [0.717, 1.165) is 43.9 Å². The third kappa shape index (κ3) is 5.66. The van der Waals surface area contributed by atoms with E-state index in [-0.39, 0.29) is 5.91 Å². The molecule has 3 aromatic rings. The second-order valence-corrected chi connectivity index (χ2v) is 8.38. The van der Waals surface area contributed by atoms with Gasteiger partial charge in [-0.25, -0.2) is 0 Å². The lowest BCUT2D eigenvalue weighted by molar-refractivity contribution is 0.0628. The van der Waals surface area contributed by atoms with Crippen LogP contribution in [0.2, 0.25) is 5.02 Å². The first-order valence-corrected chi connectivity index (χ1v) is 11.0. The van der Waals surface area contributed by atoms with Gasteiger partial charge >= 0.3 is 0 Å². The van der Waals surface area contributed by atoms with Gasteiger partial charge in [0.1, 0.15) is 12.4 Å². The van der Waals surface area contributed by atoms with Gasteiger partial charge in [0, 0.05) is 38.3 Å². The molecule has 1 saturated heterocycles. The molecule has 1 heterocycles. The van der Waals surface area contributed by atoms with Gasteiger partial charge in [-0.1, -0.05) is 60.1 Å². The van der Waals surface area contributed by atoms with Crippen LogP contribution in [-0.2, 0) is 13.2 Å². The average Bonchev–Trinajstić information content (AvgIpc) is 2.81. The first-order chi connectivity index (χ1) is 15.1. The van der Waals surface area contributed by atoms with Gasteiger partial charge in [0.25, 0.3) is 5.91 Å². The molecule has 4 nitrogen and oxygen atoms in total. The molecule has 0 atom stereocenters. The van der Waals surface area contributed by atoms with Crippen LogP contribution in [0.4, 0.5) is 0 Å². The fraction of sp³-hybridized carbons (Fsp3) is 0.269. The Morgan fingerprint density at radius 3 is 2.32 bits per heavy atom. The quantitative estimate of drug-likeness (QED) is 0.535. The molecule has 1 aliphatic heterocycles. The van der Waals surface area contributed by atoms with E-state index in [2.05, 4.69) is 29.2 Å². The summed E-state index contributed by atoms with van der Waals surface area (Å²) in [6.07, 6.45) is 0. The predicted octanol–water partition coefficient (Wildman–Crippen LogP) is 5.19. The summed E-state index contributed by atoms with van der Waals surface area (Å²) in [7, 11) is 0. The molecular weight excluding hydrogens is 408 g/mol. The van der Waals surface area contributed by atoms with Gasteiger partial charge in [0.2, 0.25) is 0 Å². The summed E-state index contributed by atoms with van der Waals surface area (Å²) in [5.74, 6) is 0.767. The predicted molar refractivity (Wildman–Crippen MR) is 125 cm³/mol. The molecular formula is C26H27ClN2O2. The van der Waals surface area contributed by atoms with Crippen LogP contribution < -0.4 is 4.74 Å². The van der Waals surface area contributed by atoms with Gasteiger partial charge in [0.15, 0.2) is 0 Å². The topological polar surface area (TPSA) is 32.8 Å². The van der Waals surface area contributed by atoms with Gasteiger partial charge in [-0.2, -0.15) is 0 Å². The SMILES string of the molecule is Cc1ccc(Cl)c(OCc2ccc(C(=O)N3CCN(Cc4ccccc4)CC3)cc2)c1. The second kappa shape index (κ2) is 9.99. The lowest BCUT2D eigenvalue weighted by atomic mass is 10.1. The Bertz CT molecular complexity index is 1010. The molecule has 0 radical (unpaired) electrons. The number of carbonyl (C=O) groups is 1. The summed E-state index contributed by atoms with van der Waals surface area (Å²) >= 11 is 6.19. The largest absolute Gasteiger partial charge is 0.487 e. The molecule has 4 rings (SSSR count). The highest BCUT2D eigenvalue weighted by Crippen LogP contribution is 2.26. The molecule has 3 aromatic carbocycles. The number of benzene rings is 3. The van der Waals surface area contributed by atoms with Crippen LogP contribution in [0.25, 0.3) is 0 Å². The normalized spacial score (nSPS) is 14.5. The molecule has 0 saturated carbocycles. The standard InChI is InChI=1S/C26H27ClN2O2/c1-20-7-12-24(27)25(17-20)31-19-22-8-10-23(11-9-22)26(30)29-15-13-28(14-16-29)18-21-5-3-2-4-6-21/h2-12,17H,13-16,18-19H2,1H3. The molecule has 5 heteroatoms. The number of ether oxygens (including phenoxy) is 1. The van der Waals surface area contributed by atoms with Gasteiger partial charge in [-0.15, -0.1) is 0 Å². The minimum absolute atomic E-state index is 0.0913.